The van der Waals surface area contributed by atoms with Crippen molar-refractivity contribution in [3.05, 3.63) is 29.9 Å². The first kappa shape index (κ1) is 22.6. The molecule has 0 radical (unpaired) electrons. The molecule has 7 nitrogen and oxygen atoms in total. The molecule has 2 aliphatic rings. The molecule has 1 amide bonds. The van der Waals surface area contributed by atoms with Gasteiger partial charge in [0.05, 0.1) is 12.2 Å². The van der Waals surface area contributed by atoms with E-state index in [9.17, 15) is 9.18 Å². The molecule has 1 aromatic carbocycles. The van der Waals surface area contributed by atoms with Crippen molar-refractivity contribution in [2.75, 3.05) is 19.7 Å². The Bertz CT molecular complexity index is 947. The fourth-order valence-corrected chi connectivity index (χ4v) is 4.51. The second kappa shape index (κ2) is 9.08. The van der Waals surface area contributed by atoms with Gasteiger partial charge in [-0.1, -0.05) is 0 Å². The third kappa shape index (κ3) is 5.58. The van der Waals surface area contributed by atoms with Gasteiger partial charge >= 0.3 is 6.09 Å². The van der Waals surface area contributed by atoms with Crippen LogP contribution in [0.1, 0.15) is 52.3 Å². The molecule has 4 rings (SSSR count). The van der Waals surface area contributed by atoms with Crippen molar-refractivity contribution in [2.24, 2.45) is 17.8 Å². The summed E-state index contributed by atoms with van der Waals surface area (Å²) in [7, 11) is 0. The smallest absolute Gasteiger partial charge is 0.410 e. The van der Waals surface area contributed by atoms with Crippen molar-refractivity contribution in [3.8, 4) is 17.2 Å². The number of benzene rings is 1. The van der Waals surface area contributed by atoms with E-state index in [0.717, 1.165) is 32.4 Å². The Hall–Kier alpha value is -2.64. The minimum atomic E-state index is -0.454. The summed E-state index contributed by atoms with van der Waals surface area (Å²) in [5, 5.41) is 7.59. The van der Waals surface area contributed by atoms with E-state index in [4.69, 9.17) is 13.9 Å². The largest absolute Gasteiger partial charge is 0.493 e. The molecule has 1 aliphatic carbocycles. The van der Waals surface area contributed by atoms with Gasteiger partial charge in [0.15, 0.2) is 0 Å². The molecule has 32 heavy (non-hydrogen) atoms. The number of aryl methyl sites for hydroxylation is 1. The Morgan fingerprint density at radius 2 is 2.00 bits per heavy atom. The normalized spacial score (nSPS) is 21.5. The van der Waals surface area contributed by atoms with Gasteiger partial charge in [-0.2, -0.15) is 0 Å². The molecule has 0 bridgehead atoms. The molecule has 1 saturated carbocycles. The molecule has 8 heteroatoms. The fraction of sp³-hybridized carbons (Fsp3) is 0.625. The molecular weight excluding hydrogens is 413 g/mol. The highest BCUT2D eigenvalue weighted by Gasteiger charge is 2.43. The van der Waals surface area contributed by atoms with Crippen LogP contribution in [0.15, 0.2) is 22.6 Å². The summed E-state index contributed by atoms with van der Waals surface area (Å²) in [6, 6.07) is 4.70. The molecule has 0 unspecified atom stereocenters. The maximum Gasteiger partial charge on any atom is 0.410 e. The zero-order valence-electron chi connectivity index (χ0n) is 19.3. The SMILES string of the molecule is Cc1nnc(-c2ccc(OCC[C@H]3C[C@H]3C3CCN(C(=O)OC(C)(C)C)CC3)cc2F)o1. The van der Waals surface area contributed by atoms with E-state index < -0.39 is 11.4 Å². The van der Waals surface area contributed by atoms with Crippen LogP contribution < -0.4 is 4.74 Å². The van der Waals surface area contributed by atoms with Gasteiger partial charge in [-0.25, -0.2) is 9.18 Å². The summed E-state index contributed by atoms with van der Waals surface area (Å²) >= 11 is 0. The molecule has 2 atom stereocenters. The van der Waals surface area contributed by atoms with Crippen molar-refractivity contribution in [1.82, 2.24) is 15.1 Å². The number of amides is 1. The van der Waals surface area contributed by atoms with Crippen molar-refractivity contribution in [2.45, 2.75) is 59.0 Å². The monoisotopic (exact) mass is 445 g/mol. The summed E-state index contributed by atoms with van der Waals surface area (Å²) in [5.74, 6) is 2.66. The van der Waals surface area contributed by atoms with E-state index in [1.54, 1.807) is 19.1 Å². The molecule has 2 aromatic rings. The van der Waals surface area contributed by atoms with Crippen LogP contribution in [0, 0.1) is 30.5 Å². The lowest BCUT2D eigenvalue weighted by Crippen LogP contribution is -2.42. The summed E-state index contributed by atoms with van der Waals surface area (Å²) < 4.78 is 30.9. The number of aromatic nitrogens is 2. The summed E-state index contributed by atoms with van der Waals surface area (Å²) in [6.07, 6.45) is 4.03. The van der Waals surface area contributed by atoms with Gasteiger partial charge in [-0.15, -0.1) is 10.2 Å². The van der Waals surface area contributed by atoms with E-state index in [2.05, 4.69) is 10.2 Å². The first-order valence-corrected chi connectivity index (χ1v) is 11.4. The van der Waals surface area contributed by atoms with Gasteiger partial charge in [-0.3, -0.25) is 0 Å². The van der Waals surface area contributed by atoms with Crippen LogP contribution >= 0.6 is 0 Å². The first-order valence-electron chi connectivity index (χ1n) is 11.4. The Morgan fingerprint density at radius 1 is 1.25 bits per heavy atom. The van der Waals surface area contributed by atoms with Gasteiger partial charge in [-0.05, 0) is 76.3 Å². The molecule has 0 spiro atoms. The Morgan fingerprint density at radius 3 is 2.62 bits per heavy atom. The zero-order valence-corrected chi connectivity index (χ0v) is 19.3. The minimum Gasteiger partial charge on any atom is -0.493 e. The first-order chi connectivity index (χ1) is 15.2. The van der Waals surface area contributed by atoms with Crippen molar-refractivity contribution < 1.29 is 23.1 Å². The molecule has 1 saturated heterocycles. The highest BCUT2D eigenvalue weighted by atomic mass is 19.1. The lowest BCUT2D eigenvalue weighted by atomic mass is 9.90. The Balaban J connectivity index is 1.18. The molecule has 2 heterocycles. The fourth-order valence-electron chi connectivity index (χ4n) is 4.51. The van der Waals surface area contributed by atoms with Crippen LogP contribution in [0.2, 0.25) is 0 Å². The zero-order chi connectivity index (χ0) is 22.9. The molecule has 174 valence electrons. The van der Waals surface area contributed by atoms with Gasteiger partial charge in [0.2, 0.25) is 5.89 Å². The average molecular weight is 446 g/mol. The summed E-state index contributed by atoms with van der Waals surface area (Å²) in [5.41, 5.74) is -0.178. The number of halogens is 1. The quantitative estimate of drug-likeness (QED) is 0.605. The number of piperidine rings is 1. The van der Waals surface area contributed by atoms with Crippen LogP contribution in [0.3, 0.4) is 0 Å². The van der Waals surface area contributed by atoms with Gasteiger partial charge in [0.1, 0.15) is 17.2 Å². The van der Waals surface area contributed by atoms with Crippen LogP contribution in [0.5, 0.6) is 5.75 Å². The maximum atomic E-state index is 14.4. The van der Waals surface area contributed by atoms with Crippen LogP contribution in [-0.4, -0.2) is 46.5 Å². The molecule has 1 aromatic heterocycles. The van der Waals surface area contributed by atoms with E-state index in [1.807, 2.05) is 25.7 Å². The predicted octanol–water partition coefficient (Wildman–Crippen LogP) is 5.24. The Kier molecular flexibility index (Phi) is 6.40. The van der Waals surface area contributed by atoms with Crippen LogP contribution in [0.25, 0.3) is 11.5 Å². The highest BCUT2D eigenvalue weighted by molar-refractivity contribution is 5.68. The molecule has 1 aliphatic heterocycles. The highest BCUT2D eigenvalue weighted by Crippen LogP contribution is 2.49. The van der Waals surface area contributed by atoms with Gasteiger partial charge in [0.25, 0.3) is 5.89 Å². The van der Waals surface area contributed by atoms with E-state index in [0.29, 0.717) is 36.0 Å². The second-order valence-corrected chi connectivity index (χ2v) is 9.87. The number of ether oxygens (including phenoxy) is 2. The maximum absolute atomic E-state index is 14.4. The molecule has 0 N–H and O–H groups in total. The third-order valence-corrected chi connectivity index (χ3v) is 6.23. The number of hydrogen-bond donors (Lipinski definition) is 0. The van der Waals surface area contributed by atoms with E-state index >= 15 is 0 Å². The van der Waals surface area contributed by atoms with E-state index in [-0.39, 0.29) is 17.5 Å². The minimum absolute atomic E-state index is 0.171. The standard InChI is InChI=1S/C24H32FN3O4/c1-15-26-27-22(31-15)19-6-5-18(14-21(19)25)30-12-9-17-13-20(17)16-7-10-28(11-8-16)23(29)32-24(2,3)4/h5-6,14,16-17,20H,7-13H2,1-4H3/t17-,20-/m0/s1. The second-order valence-electron chi connectivity index (χ2n) is 9.87. The number of hydrogen-bond acceptors (Lipinski definition) is 6. The number of carbonyl (C=O) groups is 1. The number of rotatable bonds is 6. The summed E-state index contributed by atoms with van der Waals surface area (Å²) in [6.45, 7) is 9.45. The van der Waals surface area contributed by atoms with Crippen molar-refractivity contribution >= 4 is 6.09 Å². The topological polar surface area (TPSA) is 77.7 Å². The van der Waals surface area contributed by atoms with Crippen molar-refractivity contribution in [1.29, 1.82) is 0 Å². The third-order valence-electron chi connectivity index (χ3n) is 6.23. The number of nitrogens with zero attached hydrogens (tertiary/aromatic N) is 3. The van der Waals surface area contributed by atoms with Gasteiger partial charge < -0.3 is 18.8 Å². The number of likely N-dealkylation sites (tertiary alicyclic amines) is 1. The van der Waals surface area contributed by atoms with E-state index in [1.165, 1.54) is 12.5 Å². The Labute approximate surface area is 188 Å². The molecule has 2 fully saturated rings. The van der Waals surface area contributed by atoms with Crippen molar-refractivity contribution in [3.63, 3.8) is 0 Å². The molecular formula is C24H32FN3O4. The average Bonchev–Trinajstić information content (AvgIpc) is 3.37. The lowest BCUT2D eigenvalue weighted by Gasteiger charge is -2.33. The summed E-state index contributed by atoms with van der Waals surface area (Å²) in [4.78, 5) is 14.1. The van der Waals surface area contributed by atoms with Crippen LogP contribution in [0.4, 0.5) is 9.18 Å². The lowest BCUT2D eigenvalue weighted by molar-refractivity contribution is 0.0174. The number of carbonyl (C=O) groups excluding carboxylic acids is 1. The van der Waals surface area contributed by atoms with Crippen LogP contribution in [-0.2, 0) is 4.74 Å². The van der Waals surface area contributed by atoms with Gasteiger partial charge in [0, 0.05) is 26.1 Å². The predicted molar refractivity (Wildman–Crippen MR) is 117 cm³/mol.